The molecule has 0 bridgehead atoms. The van der Waals surface area contributed by atoms with Crippen molar-refractivity contribution in [3.05, 3.63) is 22.6 Å². The Morgan fingerprint density at radius 1 is 1.86 bits per heavy atom. The number of hydrogen-bond acceptors (Lipinski definition) is 4. The summed E-state index contributed by atoms with van der Waals surface area (Å²) < 4.78 is 10.2. The first-order chi connectivity index (χ1) is 6.56. The summed E-state index contributed by atoms with van der Waals surface area (Å²) in [5.74, 6) is -0.372. The summed E-state index contributed by atoms with van der Waals surface area (Å²) in [4.78, 5) is 13.3. The lowest BCUT2D eigenvalue weighted by atomic mass is 10.1. The first kappa shape index (κ1) is 10.6. The fraction of sp³-hybridized carbons (Fsp3) is 0.625. The Labute approximate surface area is 81.1 Å². The van der Waals surface area contributed by atoms with E-state index < -0.39 is 11.8 Å². The molecule has 14 heavy (non-hydrogen) atoms. The van der Waals surface area contributed by atoms with E-state index in [1.165, 1.54) is 6.92 Å². The van der Waals surface area contributed by atoms with Gasteiger partial charge in [-0.25, -0.2) is 0 Å². The van der Waals surface area contributed by atoms with Gasteiger partial charge in [-0.15, -0.1) is 0 Å². The van der Waals surface area contributed by atoms with Gasteiger partial charge in [0.25, 0.3) is 0 Å². The van der Waals surface area contributed by atoms with Gasteiger partial charge < -0.3 is 9.47 Å². The first-order valence-electron chi connectivity index (χ1n) is 4.10. The number of carbonyl (C=O) groups is 1. The molecule has 76 valence electrons. The van der Waals surface area contributed by atoms with Crippen LogP contribution in [0, 0.1) is 0 Å². The van der Waals surface area contributed by atoms with Gasteiger partial charge in [0.2, 0.25) is 0 Å². The van der Waals surface area contributed by atoms with Gasteiger partial charge in [0.1, 0.15) is 0 Å². The molecule has 0 aromatic carbocycles. The van der Waals surface area contributed by atoms with Gasteiger partial charge in [-0.1, -0.05) is 11.2 Å². The van der Waals surface area contributed by atoms with Crippen molar-refractivity contribution in [3.8, 4) is 0 Å². The third kappa shape index (κ3) is 2.76. The Bertz CT molecular complexity index is 309. The van der Waals surface area contributed by atoms with Crippen molar-refractivity contribution in [3.63, 3.8) is 0 Å². The van der Waals surface area contributed by atoms with Crippen LogP contribution in [0.25, 0.3) is 10.4 Å². The molecule has 0 aromatic heterocycles. The number of esters is 1. The molecule has 2 unspecified atom stereocenters. The summed E-state index contributed by atoms with van der Waals surface area (Å²) in [5.41, 5.74) is 7.40. The van der Waals surface area contributed by atoms with Crippen LogP contribution in [0.1, 0.15) is 13.8 Å². The van der Waals surface area contributed by atoms with Gasteiger partial charge >= 0.3 is 5.97 Å². The molecular formula is C8H11N3O3. The molecule has 0 spiro atoms. The second-order valence-electron chi connectivity index (χ2n) is 3.17. The summed E-state index contributed by atoms with van der Waals surface area (Å²) in [5, 5.41) is 3.36. The Balaban J connectivity index is 2.66. The molecule has 1 rings (SSSR count). The highest BCUT2D eigenvalue weighted by molar-refractivity contribution is 5.66. The highest BCUT2D eigenvalue weighted by Gasteiger charge is 2.29. The molecule has 6 nitrogen and oxygen atoms in total. The van der Waals surface area contributed by atoms with E-state index in [-0.39, 0.29) is 12.6 Å². The van der Waals surface area contributed by atoms with E-state index in [2.05, 4.69) is 10.0 Å². The minimum absolute atomic E-state index is 0.187. The van der Waals surface area contributed by atoms with Crippen molar-refractivity contribution in [2.75, 3.05) is 6.61 Å². The monoisotopic (exact) mass is 197 g/mol. The fourth-order valence-electron chi connectivity index (χ4n) is 1.15. The lowest BCUT2D eigenvalue weighted by Crippen LogP contribution is -2.38. The van der Waals surface area contributed by atoms with E-state index in [0.717, 1.165) is 0 Å². The van der Waals surface area contributed by atoms with Gasteiger partial charge in [0.15, 0.2) is 11.8 Å². The lowest BCUT2D eigenvalue weighted by Gasteiger charge is -2.30. The normalized spacial score (nSPS) is 30.6. The molecule has 0 N–H and O–H groups in total. The number of nitrogens with zero attached hydrogens (tertiary/aromatic N) is 3. The SMILES string of the molecule is CC(=O)OC1(C)C=CC(N=[N+]=[N-])OC1. The number of ether oxygens (including phenoxy) is 2. The van der Waals surface area contributed by atoms with Gasteiger partial charge in [-0.3, -0.25) is 4.79 Å². The third-order valence-corrected chi connectivity index (χ3v) is 1.70. The Hall–Kier alpha value is -1.52. The number of azide groups is 1. The summed E-state index contributed by atoms with van der Waals surface area (Å²) >= 11 is 0. The van der Waals surface area contributed by atoms with Crippen LogP contribution in [0.2, 0.25) is 0 Å². The molecule has 0 amide bonds. The Morgan fingerprint density at radius 3 is 3.00 bits per heavy atom. The van der Waals surface area contributed by atoms with Gasteiger partial charge in [0, 0.05) is 11.8 Å². The maximum Gasteiger partial charge on any atom is 0.303 e. The molecule has 0 radical (unpaired) electrons. The van der Waals surface area contributed by atoms with Crippen molar-refractivity contribution >= 4 is 5.97 Å². The number of hydrogen-bond donors (Lipinski definition) is 0. The minimum atomic E-state index is -0.757. The number of carbonyl (C=O) groups excluding carboxylic acids is 1. The largest absolute Gasteiger partial charge is 0.453 e. The van der Waals surface area contributed by atoms with Gasteiger partial charge in [-0.2, -0.15) is 0 Å². The highest BCUT2D eigenvalue weighted by atomic mass is 16.6. The maximum atomic E-state index is 10.7. The first-order valence-corrected chi connectivity index (χ1v) is 4.10. The van der Waals surface area contributed by atoms with E-state index in [0.29, 0.717) is 0 Å². The molecule has 0 aromatic rings. The zero-order valence-electron chi connectivity index (χ0n) is 8.01. The van der Waals surface area contributed by atoms with Crippen molar-refractivity contribution in [1.29, 1.82) is 0 Å². The van der Waals surface area contributed by atoms with Crippen molar-refractivity contribution in [1.82, 2.24) is 0 Å². The van der Waals surface area contributed by atoms with E-state index in [1.54, 1.807) is 19.1 Å². The van der Waals surface area contributed by atoms with Gasteiger partial charge in [-0.05, 0) is 18.5 Å². The topological polar surface area (TPSA) is 84.3 Å². The second-order valence-corrected chi connectivity index (χ2v) is 3.17. The predicted octanol–water partition coefficient (Wildman–Crippen LogP) is 1.53. The average molecular weight is 197 g/mol. The molecular weight excluding hydrogens is 186 g/mol. The highest BCUT2D eigenvalue weighted by Crippen LogP contribution is 2.20. The lowest BCUT2D eigenvalue weighted by molar-refractivity contribution is -0.158. The summed E-state index contributed by atoms with van der Waals surface area (Å²) in [7, 11) is 0. The van der Waals surface area contributed by atoms with Crippen LogP contribution in [0.3, 0.4) is 0 Å². The molecule has 0 saturated carbocycles. The van der Waals surface area contributed by atoms with Crippen LogP contribution in [0.4, 0.5) is 0 Å². The molecule has 0 aliphatic carbocycles. The molecule has 6 heteroatoms. The predicted molar refractivity (Wildman–Crippen MR) is 48.2 cm³/mol. The molecule has 2 atom stereocenters. The second kappa shape index (κ2) is 4.13. The van der Waals surface area contributed by atoms with E-state index in [4.69, 9.17) is 15.0 Å². The third-order valence-electron chi connectivity index (χ3n) is 1.70. The van der Waals surface area contributed by atoms with Crippen LogP contribution >= 0.6 is 0 Å². The molecule has 1 aliphatic rings. The zero-order chi connectivity index (χ0) is 10.6. The summed E-state index contributed by atoms with van der Waals surface area (Å²) in [6.07, 6.45) is 2.62. The molecule has 1 aliphatic heterocycles. The van der Waals surface area contributed by atoms with Crippen LogP contribution in [-0.2, 0) is 14.3 Å². The zero-order valence-corrected chi connectivity index (χ0v) is 8.01. The van der Waals surface area contributed by atoms with Crippen molar-refractivity contribution in [2.45, 2.75) is 25.7 Å². The van der Waals surface area contributed by atoms with Crippen LogP contribution in [0.15, 0.2) is 17.3 Å². The van der Waals surface area contributed by atoms with Crippen molar-refractivity contribution in [2.24, 2.45) is 5.11 Å². The fourth-order valence-corrected chi connectivity index (χ4v) is 1.15. The standard InChI is InChI=1S/C8H11N3O3/c1-6(12)14-8(2)4-3-7(10-11-9)13-5-8/h3-4,7H,5H2,1-2H3. The Kier molecular flexibility index (Phi) is 3.11. The van der Waals surface area contributed by atoms with E-state index in [9.17, 15) is 4.79 Å². The quantitative estimate of drug-likeness (QED) is 0.221. The average Bonchev–Trinajstić information content (AvgIpc) is 2.08. The van der Waals surface area contributed by atoms with Crippen LogP contribution in [-0.4, -0.2) is 24.4 Å². The molecule has 0 fully saturated rings. The van der Waals surface area contributed by atoms with Crippen molar-refractivity contribution < 1.29 is 14.3 Å². The Morgan fingerprint density at radius 2 is 2.57 bits per heavy atom. The maximum absolute atomic E-state index is 10.7. The summed E-state index contributed by atoms with van der Waals surface area (Å²) in [6, 6.07) is 0. The van der Waals surface area contributed by atoms with E-state index in [1.807, 2.05) is 0 Å². The van der Waals surface area contributed by atoms with E-state index >= 15 is 0 Å². The smallest absolute Gasteiger partial charge is 0.303 e. The van der Waals surface area contributed by atoms with Gasteiger partial charge in [0.05, 0.1) is 6.61 Å². The number of rotatable bonds is 2. The van der Waals surface area contributed by atoms with Crippen LogP contribution < -0.4 is 0 Å². The summed E-state index contributed by atoms with van der Waals surface area (Å²) in [6.45, 7) is 3.24. The minimum Gasteiger partial charge on any atom is -0.453 e. The molecule has 0 saturated heterocycles. The molecule has 1 heterocycles. The van der Waals surface area contributed by atoms with Crippen LogP contribution in [0.5, 0.6) is 0 Å².